The van der Waals surface area contributed by atoms with E-state index in [1.807, 2.05) is 33.9 Å². The Hall–Kier alpha value is -2.11. The molecule has 2 heterocycles. The van der Waals surface area contributed by atoms with Crippen LogP contribution in [0, 0.1) is 20.8 Å². The lowest BCUT2D eigenvalue weighted by Gasteiger charge is -2.15. The summed E-state index contributed by atoms with van der Waals surface area (Å²) < 4.78 is 5.19. The van der Waals surface area contributed by atoms with Crippen LogP contribution in [0.25, 0.3) is 0 Å². The molecular weight excluding hydrogens is 242 g/mol. The van der Waals surface area contributed by atoms with Crippen LogP contribution in [0.4, 0.5) is 11.6 Å². The van der Waals surface area contributed by atoms with Gasteiger partial charge in [0.25, 0.3) is 0 Å². The Bertz CT molecular complexity index is 559. The molecule has 2 rings (SSSR count). The van der Waals surface area contributed by atoms with Crippen LogP contribution < -0.4 is 10.6 Å². The molecule has 0 bridgehead atoms. The number of aryl methyl sites for hydroxylation is 3. The maximum Gasteiger partial charge on any atom is 0.139 e. The van der Waals surface area contributed by atoms with Gasteiger partial charge in [0.05, 0.1) is 11.7 Å². The second kappa shape index (κ2) is 5.26. The van der Waals surface area contributed by atoms with Crippen molar-refractivity contribution < 1.29 is 4.52 Å². The molecule has 1 atom stereocenters. The van der Waals surface area contributed by atoms with Crippen LogP contribution in [-0.2, 0) is 0 Å². The quantitative estimate of drug-likeness (QED) is 0.881. The summed E-state index contributed by atoms with van der Waals surface area (Å²) in [5, 5.41) is 10.3. The summed E-state index contributed by atoms with van der Waals surface area (Å²) in [4.78, 5) is 8.64. The van der Waals surface area contributed by atoms with Crippen molar-refractivity contribution in [3.63, 3.8) is 0 Å². The molecule has 0 aliphatic rings. The van der Waals surface area contributed by atoms with Gasteiger partial charge in [0.15, 0.2) is 0 Å². The zero-order valence-corrected chi connectivity index (χ0v) is 11.9. The Morgan fingerprint density at radius 2 is 1.84 bits per heavy atom. The van der Waals surface area contributed by atoms with Crippen molar-refractivity contribution in [2.75, 3.05) is 17.7 Å². The van der Waals surface area contributed by atoms with Crippen molar-refractivity contribution in [1.29, 1.82) is 0 Å². The van der Waals surface area contributed by atoms with Gasteiger partial charge in [-0.25, -0.2) is 9.97 Å². The van der Waals surface area contributed by atoms with Gasteiger partial charge in [0.2, 0.25) is 0 Å². The smallest absolute Gasteiger partial charge is 0.139 e. The van der Waals surface area contributed by atoms with Gasteiger partial charge in [-0.05, 0) is 27.7 Å². The first-order valence-corrected chi connectivity index (χ1v) is 6.24. The van der Waals surface area contributed by atoms with Crippen molar-refractivity contribution in [2.45, 2.75) is 33.7 Å². The summed E-state index contributed by atoms with van der Waals surface area (Å²) in [5.74, 6) is 3.13. The van der Waals surface area contributed by atoms with E-state index in [0.29, 0.717) is 0 Å². The minimum Gasteiger partial charge on any atom is -0.373 e. The molecule has 1 unspecified atom stereocenters. The van der Waals surface area contributed by atoms with E-state index in [-0.39, 0.29) is 6.04 Å². The highest BCUT2D eigenvalue weighted by molar-refractivity contribution is 5.48. The molecule has 0 saturated heterocycles. The first kappa shape index (κ1) is 13.3. The van der Waals surface area contributed by atoms with Crippen LogP contribution in [0.15, 0.2) is 10.6 Å². The molecule has 0 radical (unpaired) electrons. The molecule has 0 aliphatic carbocycles. The Labute approximate surface area is 112 Å². The molecule has 0 fully saturated rings. The zero-order chi connectivity index (χ0) is 14.0. The molecular formula is C13H19N5O. The van der Waals surface area contributed by atoms with E-state index in [0.717, 1.165) is 34.5 Å². The lowest BCUT2D eigenvalue weighted by Crippen LogP contribution is -2.11. The van der Waals surface area contributed by atoms with Crippen molar-refractivity contribution in [3.8, 4) is 0 Å². The fourth-order valence-corrected chi connectivity index (χ4v) is 2.17. The van der Waals surface area contributed by atoms with Gasteiger partial charge in [0.1, 0.15) is 23.2 Å². The molecule has 6 nitrogen and oxygen atoms in total. The summed E-state index contributed by atoms with van der Waals surface area (Å²) in [6.07, 6.45) is 0. The maximum atomic E-state index is 5.19. The highest BCUT2D eigenvalue weighted by Gasteiger charge is 2.16. The van der Waals surface area contributed by atoms with Crippen molar-refractivity contribution in [2.24, 2.45) is 0 Å². The van der Waals surface area contributed by atoms with Gasteiger partial charge in [-0.1, -0.05) is 5.16 Å². The highest BCUT2D eigenvalue weighted by atomic mass is 16.5. The summed E-state index contributed by atoms with van der Waals surface area (Å²) in [6, 6.07) is 1.95. The van der Waals surface area contributed by atoms with Gasteiger partial charge in [0, 0.05) is 18.7 Å². The maximum absolute atomic E-state index is 5.19. The van der Waals surface area contributed by atoms with Crippen molar-refractivity contribution in [3.05, 3.63) is 28.9 Å². The Balaban J connectivity index is 2.24. The molecule has 0 saturated carbocycles. The predicted octanol–water partition coefficient (Wildman–Crippen LogP) is 2.60. The van der Waals surface area contributed by atoms with Crippen LogP contribution in [0.1, 0.15) is 35.8 Å². The average molecular weight is 261 g/mol. The topological polar surface area (TPSA) is 75.9 Å². The Kier molecular flexibility index (Phi) is 3.69. The summed E-state index contributed by atoms with van der Waals surface area (Å²) in [5.41, 5.74) is 1.97. The Morgan fingerprint density at radius 3 is 2.42 bits per heavy atom. The number of nitrogens with zero attached hydrogens (tertiary/aromatic N) is 3. The van der Waals surface area contributed by atoms with Gasteiger partial charge < -0.3 is 15.2 Å². The molecule has 2 N–H and O–H groups in total. The minimum atomic E-state index is 0.0743. The number of hydrogen-bond donors (Lipinski definition) is 2. The fraction of sp³-hybridized carbons (Fsp3) is 0.462. The summed E-state index contributed by atoms with van der Waals surface area (Å²) in [6.45, 7) is 7.78. The van der Waals surface area contributed by atoms with Crippen LogP contribution >= 0.6 is 0 Å². The molecule has 0 aromatic carbocycles. The molecule has 102 valence electrons. The number of hydrogen-bond acceptors (Lipinski definition) is 6. The first-order chi connectivity index (χ1) is 9.01. The Morgan fingerprint density at radius 1 is 1.16 bits per heavy atom. The number of rotatable bonds is 4. The van der Waals surface area contributed by atoms with E-state index in [1.165, 1.54) is 0 Å². The number of nitrogens with one attached hydrogen (secondary N) is 2. The fourth-order valence-electron chi connectivity index (χ4n) is 2.17. The normalized spacial score (nSPS) is 12.3. The van der Waals surface area contributed by atoms with Crippen molar-refractivity contribution in [1.82, 2.24) is 15.1 Å². The van der Waals surface area contributed by atoms with Crippen LogP contribution in [0.3, 0.4) is 0 Å². The standard InChI is InChI=1S/C13H19N5O/c1-7(13-8(2)18-19-9(13)3)15-12-6-11(14-5)16-10(4)17-12/h6-7H,1-5H3,(H2,14,15,16,17). The molecule has 2 aromatic heterocycles. The number of anilines is 2. The second-order valence-electron chi connectivity index (χ2n) is 4.54. The third kappa shape index (κ3) is 2.83. The van der Waals surface area contributed by atoms with Gasteiger partial charge in [-0.2, -0.15) is 0 Å². The lowest BCUT2D eigenvalue weighted by atomic mass is 10.1. The number of aromatic nitrogens is 3. The summed E-state index contributed by atoms with van der Waals surface area (Å²) >= 11 is 0. The highest BCUT2D eigenvalue weighted by Crippen LogP contribution is 2.24. The monoisotopic (exact) mass is 261 g/mol. The van der Waals surface area contributed by atoms with Crippen LogP contribution in [-0.4, -0.2) is 22.2 Å². The molecule has 6 heteroatoms. The lowest BCUT2D eigenvalue weighted by molar-refractivity contribution is 0.392. The summed E-state index contributed by atoms with van der Waals surface area (Å²) in [7, 11) is 1.84. The van der Waals surface area contributed by atoms with Gasteiger partial charge >= 0.3 is 0 Å². The van der Waals surface area contributed by atoms with Gasteiger partial charge in [-0.15, -0.1) is 0 Å². The molecule has 2 aromatic rings. The van der Waals surface area contributed by atoms with Crippen molar-refractivity contribution >= 4 is 11.6 Å². The second-order valence-corrected chi connectivity index (χ2v) is 4.54. The first-order valence-electron chi connectivity index (χ1n) is 6.24. The third-order valence-electron chi connectivity index (χ3n) is 2.98. The van der Waals surface area contributed by atoms with E-state index < -0.39 is 0 Å². The van der Waals surface area contributed by atoms with Crippen LogP contribution in [0.2, 0.25) is 0 Å². The molecule has 19 heavy (non-hydrogen) atoms. The van der Waals surface area contributed by atoms with E-state index in [2.05, 4.69) is 32.7 Å². The molecule has 0 aliphatic heterocycles. The van der Waals surface area contributed by atoms with Crippen LogP contribution in [0.5, 0.6) is 0 Å². The molecule has 0 amide bonds. The van der Waals surface area contributed by atoms with E-state index >= 15 is 0 Å². The molecule has 0 spiro atoms. The van der Waals surface area contributed by atoms with Gasteiger partial charge in [-0.3, -0.25) is 0 Å². The van der Waals surface area contributed by atoms with E-state index in [1.54, 1.807) is 0 Å². The minimum absolute atomic E-state index is 0.0743. The van der Waals surface area contributed by atoms with E-state index in [4.69, 9.17) is 4.52 Å². The SMILES string of the molecule is CNc1cc(NC(C)c2c(C)noc2C)nc(C)n1. The zero-order valence-electron chi connectivity index (χ0n) is 11.9. The average Bonchev–Trinajstić information content (AvgIpc) is 2.68. The predicted molar refractivity (Wildman–Crippen MR) is 74.3 cm³/mol. The largest absolute Gasteiger partial charge is 0.373 e. The van der Waals surface area contributed by atoms with E-state index in [9.17, 15) is 0 Å². The third-order valence-corrected chi connectivity index (χ3v) is 2.98.